The summed E-state index contributed by atoms with van der Waals surface area (Å²) in [7, 11) is 0. The predicted octanol–water partition coefficient (Wildman–Crippen LogP) is 3.33. The van der Waals surface area contributed by atoms with Gasteiger partial charge in [0.2, 0.25) is 0 Å². The second kappa shape index (κ2) is 4.70. The third-order valence-corrected chi connectivity index (χ3v) is 7.21. The Balaban J connectivity index is 1.50. The molecular weight excluding hydrogens is 316 g/mol. The number of carbonyl (C=O) groups excluding carboxylic acids is 1. The minimum Gasteiger partial charge on any atom is -0.333 e. The second-order valence-electron chi connectivity index (χ2n) is 6.77. The highest BCUT2D eigenvalue weighted by Crippen LogP contribution is 2.43. The Morgan fingerprint density at radius 2 is 2.18 bits per heavy atom. The van der Waals surface area contributed by atoms with Gasteiger partial charge in [0.05, 0.1) is 14.6 Å². The number of likely N-dealkylation sites (tertiary alicyclic amines) is 1. The van der Waals surface area contributed by atoms with Crippen LogP contribution >= 0.6 is 22.9 Å². The van der Waals surface area contributed by atoms with Crippen molar-refractivity contribution in [3.63, 3.8) is 0 Å². The van der Waals surface area contributed by atoms with Gasteiger partial charge in [-0.2, -0.15) is 0 Å². The van der Waals surface area contributed by atoms with Crippen LogP contribution in [0.1, 0.15) is 16.1 Å². The fraction of sp³-hybridized carbons (Fsp3) is 0.471. The first-order valence-electron chi connectivity index (χ1n) is 7.92. The summed E-state index contributed by atoms with van der Waals surface area (Å²) < 4.78 is 1.03. The van der Waals surface area contributed by atoms with Crippen LogP contribution in [0, 0.1) is 11.8 Å². The number of carbonyl (C=O) groups is 1. The van der Waals surface area contributed by atoms with Gasteiger partial charge in [0, 0.05) is 25.7 Å². The maximum atomic E-state index is 13.0. The number of nitrogens with zero attached hydrogens (tertiary/aromatic N) is 2. The predicted molar refractivity (Wildman–Crippen MR) is 89.7 cm³/mol. The molecule has 5 heteroatoms. The smallest absolute Gasteiger partial charge is 0.264 e. The number of fused-ring (bicyclic) bond motifs is 2. The monoisotopic (exact) mass is 332 g/mol. The molecule has 114 valence electrons. The molecule has 5 heterocycles. The third-order valence-electron chi connectivity index (χ3n) is 5.62. The molecule has 6 rings (SSSR count). The fourth-order valence-corrected chi connectivity index (χ4v) is 5.94. The van der Waals surface area contributed by atoms with E-state index >= 15 is 0 Å². The molecule has 0 spiro atoms. The third kappa shape index (κ3) is 1.81. The number of amides is 1. The van der Waals surface area contributed by atoms with Crippen molar-refractivity contribution in [2.75, 3.05) is 26.2 Å². The Morgan fingerprint density at radius 1 is 1.27 bits per heavy atom. The maximum absolute atomic E-state index is 13.0. The van der Waals surface area contributed by atoms with Gasteiger partial charge < -0.3 is 9.80 Å². The molecule has 3 nitrogen and oxygen atoms in total. The summed E-state index contributed by atoms with van der Waals surface area (Å²) in [5.41, 5.74) is 0. The van der Waals surface area contributed by atoms with Crippen LogP contribution in [0.5, 0.6) is 0 Å². The summed E-state index contributed by atoms with van der Waals surface area (Å²) >= 11 is 7.79. The van der Waals surface area contributed by atoms with E-state index in [9.17, 15) is 4.79 Å². The molecule has 0 saturated carbocycles. The molecular formula is C17H17ClN2OS. The summed E-state index contributed by atoms with van der Waals surface area (Å²) in [6, 6.07) is 8.31. The first kappa shape index (κ1) is 13.3. The van der Waals surface area contributed by atoms with Gasteiger partial charge in [0.25, 0.3) is 5.91 Å². The van der Waals surface area contributed by atoms with Crippen LogP contribution in [0.2, 0.25) is 5.02 Å². The SMILES string of the molecule is O=C(c1cc2cccc(Cl)c2s1)N1C[C@@H]2CN3CCC2[C@@H]1C3. The van der Waals surface area contributed by atoms with E-state index in [-0.39, 0.29) is 5.91 Å². The lowest BCUT2D eigenvalue weighted by Crippen LogP contribution is -2.54. The fourth-order valence-electron chi connectivity index (χ4n) is 4.62. The zero-order valence-electron chi connectivity index (χ0n) is 12.2. The van der Waals surface area contributed by atoms with E-state index in [4.69, 9.17) is 11.6 Å². The van der Waals surface area contributed by atoms with Crippen LogP contribution in [-0.4, -0.2) is 47.9 Å². The Hall–Kier alpha value is -1.10. The molecule has 22 heavy (non-hydrogen) atoms. The van der Waals surface area contributed by atoms with E-state index in [1.807, 2.05) is 24.3 Å². The van der Waals surface area contributed by atoms with Crippen molar-refractivity contribution in [3.8, 4) is 0 Å². The standard InChI is InChI=1S/C17H17ClN2OS/c18-13-3-1-2-10-6-15(22-16(10)13)17(21)20-8-11-7-19-5-4-12(11)14(20)9-19/h1-3,6,11-12,14H,4-5,7-9H2/t11-,12?,14-/m0/s1. The highest BCUT2D eigenvalue weighted by molar-refractivity contribution is 7.21. The van der Waals surface area contributed by atoms with Crippen molar-refractivity contribution in [1.82, 2.24) is 9.80 Å². The summed E-state index contributed by atoms with van der Waals surface area (Å²) in [5.74, 6) is 1.62. The van der Waals surface area contributed by atoms with E-state index in [0.29, 0.717) is 12.0 Å². The average molecular weight is 333 g/mol. The molecule has 4 aliphatic rings. The molecule has 1 aromatic heterocycles. The summed E-state index contributed by atoms with van der Waals surface area (Å²) in [4.78, 5) is 18.5. The van der Waals surface area contributed by atoms with Gasteiger partial charge in [-0.05, 0) is 42.3 Å². The van der Waals surface area contributed by atoms with E-state index < -0.39 is 0 Å². The van der Waals surface area contributed by atoms with Gasteiger partial charge in [-0.15, -0.1) is 11.3 Å². The number of rotatable bonds is 1. The van der Waals surface area contributed by atoms with Gasteiger partial charge in [0.1, 0.15) is 0 Å². The molecule has 4 bridgehead atoms. The first-order valence-corrected chi connectivity index (χ1v) is 9.11. The van der Waals surface area contributed by atoms with Gasteiger partial charge in [-0.1, -0.05) is 23.7 Å². The summed E-state index contributed by atoms with van der Waals surface area (Å²) in [6.45, 7) is 4.41. The lowest BCUT2D eigenvalue weighted by Gasteiger charge is -2.44. The van der Waals surface area contributed by atoms with Crippen LogP contribution in [-0.2, 0) is 0 Å². The topological polar surface area (TPSA) is 23.6 Å². The van der Waals surface area contributed by atoms with Crippen molar-refractivity contribution >= 4 is 38.9 Å². The highest BCUT2D eigenvalue weighted by atomic mass is 35.5. The normalized spacial score (nSPS) is 32.9. The summed E-state index contributed by atoms with van der Waals surface area (Å²) in [5, 5.41) is 1.82. The Kier molecular flexibility index (Phi) is 2.85. The number of benzene rings is 1. The Bertz CT molecular complexity index is 773. The van der Waals surface area contributed by atoms with Crippen molar-refractivity contribution < 1.29 is 4.79 Å². The minimum atomic E-state index is 0.207. The van der Waals surface area contributed by atoms with Crippen LogP contribution in [0.25, 0.3) is 10.1 Å². The average Bonchev–Trinajstić information content (AvgIpc) is 3.08. The molecule has 1 aromatic carbocycles. The summed E-state index contributed by atoms with van der Waals surface area (Å²) in [6.07, 6.45) is 1.26. The molecule has 0 N–H and O–H groups in total. The molecule has 2 unspecified atom stereocenters. The zero-order valence-corrected chi connectivity index (χ0v) is 13.7. The second-order valence-corrected chi connectivity index (χ2v) is 8.23. The molecule has 2 aromatic rings. The maximum Gasteiger partial charge on any atom is 0.264 e. The van der Waals surface area contributed by atoms with E-state index in [2.05, 4.69) is 9.80 Å². The van der Waals surface area contributed by atoms with Crippen LogP contribution < -0.4 is 0 Å². The molecule has 4 saturated heterocycles. The van der Waals surface area contributed by atoms with Crippen LogP contribution in [0.3, 0.4) is 0 Å². The molecule has 0 aliphatic carbocycles. The van der Waals surface area contributed by atoms with Gasteiger partial charge in [-0.3, -0.25) is 4.79 Å². The van der Waals surface area contributed by atoms with E-state index in [1.54, 1.807) is 0 Å². The highest BCUT2D eigenvalue weighted by Gasteiger charge is 2.51. The van der Waals surface area contributed by atoms with Crippen molar-refractivity contribution in [3.05, 3.63) is 34.2 Å². The van der Waals surface area contributed by atoms with Crippen molar-refractivity contribution in [2.24, 2.45) is 11.8 Å². The number of halogens is 1. The lowest BCUT2D eigenvalue weighted by atomic mass is 9.80. The Labute approximate surface area is 138 Å². The van der Waals surface area contributed by atoms with Gasteiger partial charge >= 0.3 is 0 Å². The molecule has 4 aliphatic heterocycles. The molecule has 4 fully saturated rings. The number of thiophene rings is 1. The Morgan fingerprint density at radius 3 is 2.95 bits per heavy atom. The van der Waals surface area contributed by atoms with Gasteiger partial charge in [-0.25, -0.2) is 0 Å². The molecule has 0 radical (unpaired) electrons. The number of hydrogen-bond donors (Lipinski definition) is 0. The van der Waals surface area contributed by atoms with Crippen LogP contribution in [0.4, 0.5) is 0 Å². The van der Waals surface area contributed by atoms with Crippen molar-refractivity contribution in [1.29, 1.82) is 0 Å². The first-order chi connectivity index (χ1) is 10.7. The minimum absolute atomic E-state index is 0.207. The quantitative estimate of drug-likeness (QED) is 0.799. The van der Waals surface area contributed by atoms with E-state index in [1.165, 1.54) is 30.8 Å². The number of piperidine rings is 3. The number of hydrogen-bond acceptors (Lipinski definition) is 3. The molecule has 1 amide bonds. The zero-order chi connectivity index (χ0) is 14.8. The molecule has 4 atom stereocenters. The van der Waals surface area contributed by atoms with E-state index in [0.717, 1.165) is 39.0 Å². The van der Waals surface area contributed by atoms with Crippen molar-refractivity contribution in [2.45, 2.75) is 12.5 Å². The van der Waals surface area contributed by atoms with Crippen LogP contribution in [0.15, 0.2) is 24.3 Å². The largest absolute Gasteiger partial charge is 0.333 e. The lowest BCUT2D eigenvalue weighted by molar-refractivity contribution is 0.0425. The van der Waals surface area contributed by atoms with Gasteiger partial charge in [0.15, 0.2) is 0 Å².